The predicted octanol–water partition coefficient (Wildman–Crippen LogP) is 4.19. The summed E-state index contributed by atoms with van der Waals surface area (Å²) in [5.41, 5.74) is 3.95. The Labute approximate surface area is 153 Å². The topological polar surface area (TPSA) is 46.2 Å². The van der Waals surface area contributed by atoms with E-state index in [-0.39, 0.29) is 5.82 Å². The first-order valence-corrected chi connectivity index (χ1v) is 10.2. The standard InChI is InChI=1S/C21H20FNO2S/c1-26(24,25)21-7-3-6-19(13-21)18-5-2-4-17(12-18)15-23-14-16-8-10-20(22)11-9-16/h2-13,23H,14-15H2,1H3. The molecular weight excluding hydrogens is 349 g/mol. The molecule has 0 bridgehead atoms. The lowest BCUT2D eigenvalue weighted by Crippen LogP contribution is -2.12. The average molecular weight is 369 g/mol. The van der Waals surface area contributed by atoms with E-state index in [1.165, 1.54) is 18.4 Å². The van der Waals surface area contributed by atoms with Crippen molar-refractivity contribution < 1.29 is 12.8 Å². The Morgan fingerprint density at radius 2 is 1.42 bits per heavy atom. The van der Waals surface area contributed by atoms with Crippen LogP contribution < -0.4 is 5.32 Å². The van der Waals surface area contributed by atoms with Crippen LogP contribution in [0.2, 0.25) is 0 Å². The van der Waals surface area contributed by atoms with Gasteiger partial charge in [-0.2, -0.15) is 0 Å². The van der Waals surface area contributed by atoms with Crippen molar-refractivity contribution in [2.45, 2.75) is 18.0 Å². The van der Waals surface area contributed by atoms with Crippen LogP contribution in [0.3, 0.4) is 0 Å². The van der Waals surface area contributed by atoms with Crippen molar-refractivity contribution in [2.24, 2.45) is 0 Å². The fraction of sp³-hybridized carbons (Fsp3) is 0.143. The monoisotopic (exact) mass is 369 g/mol. The van der Waals surface area contributed by atoms with Gasteiger partial charge in [0.1, 0.15) is 5.82 Å². The molecule has 0 aromatic heterocycles. The van der Waals surface area contributed by atoms with Crippen LogP contribution in [0.25, 0.3) is 11.1 Å². The highest BCUT2D eigenvalue weighted by Gasteiger charge is 2.08. The van der Waals surface area contributed by atoms with Gasteiger partial charge >= 0.3 is 0 Å². The minimum Gasteiger partial charge on any atom is -0.309 e. The van der Waals surface area contributed by atoms with Crippen molar-refractivity contribution in [1.82, 2.24) is 5.32 Å². The third kappa shape index (κ3) is 4.77. The van der Waals surface area contributed by atoms with Crippen LogP contribution in [0.5, 0.6) is 0 Å². The van der Waals surface area contributed by atoms with Gasteiger partial charge in [-0.1, -0.05) is 42.5 Å². The van der Waals surface area contributed by atoms with Crippen molar-refractivity contribution in [3.63, 3.8) is 0 Å². The van der Waals surface area contributed by atoms with Crippen molar-refractivity contribution in [1.29, 1.82) is 0 Å². The number of sulfone groups is 1. The molecule has 134 valence electrons. The number of hydrogen-bond donors (Lipinski definition) is 1. The normalized spacial score (nSPS) is 11.5. The van der Waals surface area contributed by atoms with Crippen molar-refractivity contribution in [3.05, 3.63) is 89.7 Å². The summed E-state index contributed by atoms with van der Waals surface area (Å²) in [5.74, 6) is -0.238. The summed E-state index contributed by atoms with van der Waals surface area (Å²) in [7, 11) is -3.23. The summed E-state index contributed by atoms with van der Waals surface area (Å²) in [5, 5.41) is 3.33. The number of hydrogen-bond acceptors (Lipinski definition) is 3. The summed E-state index contributed by atoms with van der Waals surface area (Å²) in [6.07, 6.45) is 1.21. The summed E-state index contributed by atoms with van der Waals surface area (Å²) in [6.45, 7) is 1.31. The molecule has 3 nitrogen and oxygen atoms in total. The van der Waals surface area contributed by atoms with Crippen LogP contribution in [0.4, 0.5) is 4.39 Å². The largest absolute Gasteiger partial charge is 0.309 e. The fourth-order valence-corrected chi connectivity index (χ4v) is 3.39. The van der Waals surface area contributed by atoms with E-state index in [4.69, 9.17) is 0 Å². The molecule has 1 N–H and O–H groups in total. The van der Waals surface area contributed by atoms with Crippen molar-refractivity contribution in [3.8, 4) is 11.1 Å². The van der Waals surface area contributed by atoms with E-state index in [0.717, 1.165) is 22.3 Å². The van der Waals surface area contributed by atoms with E-state index in [2.05, 4.69) is 5.32 Å². The third-order valence-electron chi connectivity index (χ3n) is 4.09. The Bertz CT molecular complexity index is 999. The van der Waals surface area contributed by atoms with E-state index >= 15 is 0 Å². The molecule has 0 saturated heterocycles. The molecular formula is C21H20FNO2S. The highest BCUT2D eigenvalue weighted by molar-refractivity contribution is 7.90. The van der Waals surface area contributed by atoms with Gasteiger partial charge in [0.2, 0.25) is 0 Å². The number of rotatable bonds is 6. The van der Waals surface area contributed by atoms with Crippen molar-refractivity contribution >= 4 is 9.84 Å². The van der Waals surface area contributed by atoms with Gasteiger partial charge in [0.15, 0.2) is 9.84 Å². The van der Waals surface area contributed by atoms with Gasteiger partial charge in [0, 0.05) is 19.3 Å². The number of nitrogens with one attached hydrogen (secondary N) is 1. The second kappa shape index (κ2) is 7.81. The fourth-order valence-electron chi connectivity index (χ4n) is 2.72. The average Bonchev–Trinajstić information content (AvgIpc) is 2.63. The molecule has 5 heteroatoms. The van der Waals surface area contributed by atoms with Crippen LogP contribution >= 0.6 is 0 Å². The first kappa shape index (κ1) is 18.3. The van der Waals surface area contributed by atoms with Gasteiger partial charge in [-0.05, 0) is 52.6 Å². The molecule has 0 aliphatic heterocycles. The first-order chi connectivity index (χ1) is 12.4. The van der Waals surface area contributed by atoms with E-state index in [1.807, 2.05) is 30.3 Å². The van der Waals surface area contributed by atoms with Gasteiger partial charge in [-0.25, -0.2) is 12.8 Å². The minimum absolute atomic E-state index is 0.238. The molecule has 3 aromatic carbocycles. The van der Waals surface area contributed by atoms with Crippen molar-refractivity contribution in [2.75, 3.05) is 6.26 Å². The molecule has 0 aliphatic carbocycles. The highest BCUT2D eigenvalue weighted by atomic mass is 32.2. The molecule has 0 unspecified atom stereocenters. The Kier molecular flexibility index (Phi) is 5.49. The van der Waals surface area contributed by atoms with Crippen LogP contribution in [0.15, 0.2) is 77.7 Å². The van der Waals surface area contributed by atoms with Crippen LogP contribution in [-0.2, 0) is 22.9 Å². The summed E-state index contributed by atoms with van der Waals surface area (Å²) < 4.78 is 36.4. The maximum Gasteiger partial charge on any atom is 0.175 e. The molecule has 3 aromatic rings. The van der Waals surface area contributed by atoms with Gasteiger partial charge in [0.25, 0.3) is 0 Å². The molecule has 0 aliphatic rings. The molecule has 0 fully saturated rings. The van der Waals surface area contributed by atoms with Gasteiger partial charge in [-0.3, -0.25) is 0 Å². The molecule has 0 spiro atoms. The second-order valence-electron chi connectivity index (χ2n) is 6.23. The first-order valence-electron chi connectivity index (χ1n) is 8.26. The van der Waals surface area contributed by atoms with E-state index in [0.29, 0.717) is 18.0 Å². The molecule has 0 saturated carbocycles. The third-order valence-corrected chi connectivity index (χ3v) is 5.20. The summed E-state index contributed by atoms with van der Waals surface area (Å²) in [4.78, 5) is 0.315. The Morgan fingerprint density at radius 1 is 0.808 bits per heavy atom. The molecule has 0 atom stereocenters. The van der Waals surface area contributed by atoms with Crippen LogP contribution in [0.1, 0.15) is 11.1 Å². The molecule has 26 heavy (non-hydrogen) atoms. The lowest BCUT2D eigenvalue weighted by atomic mass is 10.0. The quantitative estimate of drug-likeness (QED) is 0.709. The van der Waals surface area contributed by atoms with E-state index in [9.17, 15) is 12.8 Å². The smallest absolute Gasteiger partial charge is 0.175 e. The predicted molar refractivity (Wildman–Crippen MR) is 102 cm³/mol. The van der Waals surface area contributed by atoms with Gasteiger partial charge in [-0.15, -0.1) is 0 Å². The lowest BCUT2D eigenvalue weighted by molar-refractivity contribution is 0.602. The van der Waals surface area contributed by atoms with Crippen LogP contribution in [0, 0.1) is 5.82 Å². The Balaban J connectivity index is 1.71. The van der Waals surface area contributed by atoms with Gasteiger partial charge < -0.3 is 5.32 Å². The lowest BCUT2D eigenvalue weighted by Gasteiger charge is -2.09. The number of halogens is 1. The Hall–Kier alpha value is -2.50. The van der Waals surface area contributed by atoms with E-state index < -0.39 is 9.84 Å². The molecule has 3 rings (SSSR count). The zero-order chi connectivity index (χ0) is 18.6. The van der Waals surface area contributed by atoms with Crippen LogP contribution in [-0.4, -0.2) is 14.7 Å². The molecule has 0 amide bonds. The minimum atomic E-state index is -3.23. The van der Waals surface area contributed by atoms with E-state index in [1.54, 1.807) is 30.3 Å². The molecule has 0 heterocycles. The second-order valence-corrected chi connectivity index (χ2v) is 8.25. The zero-order valence-electron chi connectivity index (χ0n) is 14.4. The highest BCUT2D eigenvalue weighted by Crippen LogP contribution is 2.23. The maximum atomic E-state index is 12.9. The Morgan fingerprint density at radius 3 is 2.12 bits per heavy atom. The molecule has 0 radical (unpaired) electrons. The zero-order valence-corrected chi connectivity index (χ0v) is 15.3. The summed E-state index contributed by atoms with van der Waals surface area (Å²) in [6, 6.07) is 21.4. The number of benzene rings is 3. The maximum absolute atomic E-state index is 12.9. The summed E-state index contributed by atoms with van der Waals surface area (Å²) >= 11 is 0. The SMILES string of the molecule is CS(=O)(=O)c1cccc(-c2cccc(CNCc3ccc(F)cc3)c2)c1. The van der Waals surface area contributed by atoms with Gasteiger partial charge in [0.05, 0.1) is 4.90 Å².